The van der Waals surface area contributed by atoms with Crippen LogP contribution in [0.3, 0.4) is 0 Å². The largest absolute Gasteiger partial charge is 0.352 e. The molecule has 0 radical (unpaired) electrons. The van der Waals surface area contributed by atoms with Crippen molar-refractivity contribution in [2.75, 3.05) is 5.32 Å². The monoisotopic (exact) mass is 314 g/mol. The maximum absolute atomic E-state index is 12.3. The van der Waals surface area contributed by atoms with Crippen LogP contribution in [-0.2, 0) is 11.3 Å². The van der Waals surface area contributed by atoms with Gasteiger partial charge in [-0.2, -0.15) is 5.10 Å². The molecule has 6 heteroatoms. The Morgan fingerprint density at radius 2 is 1.91 bits per heavy atom. The lowest BCUT2D eigenvalue weighted by Crippen LogP contribution is -2.19. The van der Waals surface area contributed by atoms with Crippen molar-refractivity contribution in [2.24, 2.45) is 0 Å². The molecule has 1 aromatic heterocycles. The molecule has 6 nitrogen and oxygen atoms in total. The number of hydrogen-bond acceptors (Lipinski definition) is 3. The Bertz CT molecular complexity index is 676. The fourth-order valence-electron chi connectivity index (χ4n) is 2.13. The molecule has 0 saturated carbocycles. The van der Waals surface area contributed by atoms with Gasteiger partial charge in [0.05, 0.1) is 12.2 Å². The number of benzene rings is 1. The van der Waals surface area contributed by atoms with Crippen LogP contribution < -0.4 is 10.6 Å². The topological polar surface area (TPSA) is 76.0 Å². The Balaban J connectivity index is 2.04. The molecule has 122 valence electrons. The zero-order chi connectivity index (χ0) is 16.8. The normalized spacial score (nSPS) is 11.8. The highest BCUT2D eigenvalue weighted by atomic mass is 16.2. The van der Waals surface area contributed by atoms with Crippen molar-refractivity contribution in [1.29, 1.82) is 0 Å². The maximum Gasteiger partial charge on any atom is 0.256 e. The van der Waals surface area contributed by atoms with Crippen molar-refractivity contribution in [3.05, 3.63) is 47.7 Å². The quantitative estimate of drug-likeness (QED) is 0.861. The van der Waals surface area contributed by atoms with E-state index in [0.717, 1.165) is 12.0 Å². The molecule has 1 unspecified atom stereocenters. The zero-order valence-electron chi connectivity index (χ0n) is 13.7. The predicted octanol–water partition coefficient (Wildman–Crippen LogP) is 2.74. The first-order chi connectivity index (χ1) is 11.0. The summed E-state index contributed by atoms with van der Waals surface area (Å²) in [7, 11) is 0. The number of amides is 2. The smallest absolute Gasteiger partial charge is 0.256 e. The average molecular weight is 314 g/mol. The minimum atomic E-state index is -0.180. The van der Waals surface area contributed by atoms with E-state index in [1.807, 2.05) is 16.8 Å². The van der Waals surface area contributed by atoms with E-state index in [9.17, 15) is 9.59 Å². The van der Waals surface area contributed by atoms with Gasteiger partial charge in [-0.15, -0.1) is 0 Å². The third-order valence-electron chi connectivity index (χ3n) is 3.68. The molecule has 2 amide bonds. The minimum Gasteiger partial charge on any atom is -0.352 e. The summed E-state index contributed by atoms with van der Waals surface area (Å²) in [6, 6.07) is 9.16. The number of carbonyl (C=O) groups is 2. The van der Waals surface area contributed by atoms with Crippen molar-refractivity contribution >= 4 is 17.6 Å². The van der Waals surface area contributed by atoms with Gasteiger partial charge in [-0.1, -0.05) is 19.1 Å². The van der Waals surface area contributed by atoms with Crippen LogP contribution in [0.4, 0.5) is 5.82 Å². The second-order valence-corrected chi connectivity index (χ2v) is 5.48. The molecule has 0 saturated heterocycles. The fraction of sp³-hybridized carbons (Fsp3) is 0.353. The van der Waals surface area contributed by atoms with E-state index in [-0.39, 0.29) is 17.9 Å². The number of nitrogens with zero attached hydrogens (tertiary/aromatic N) is 2. The van der Waals surface area contributed by atoms with Gasteiger partial charge in [0.1, 0.15) is 5.82 Å². The Morgan fingerprint density at radius 3 is 2.52 bits per heavy atom. The van der Waals surface area contributed by atoms with E-state index >= 15 is 0 Å². The highest BCUT2D eigenvalue weighted by molar-refractivity contribution is 6.03. The summed E-state index contributed by atoms with van der Waals surface area (Å²) in [6.45, 7) is 6.06. The van der Waals surface area contributed by atoms with Gasteiger partial charge in [-0.3, -0.25) is 9.59 Å². The first-order valence-corrected chi connectivity index (χ1v) is 7.69. The highest BCUT2D eigenvalue weighted by Crippen LogP contribution is 2.17. The second kappa shape index (κ2) is 7.58. The van der Waals surface area contributed by atoms with Crippen molar-refractivity contribution < 1.29 is 9.59 Å². The molecule has 0 aliphatic carbocycles. The predicted molar refractivity (Wildman–Crippen MR) is 89.1 cm³/mol. The third-order valence-corrected chi connectivity index (χ3v) is 3.68. The molecule has 0 fully saturated rings. The molecule has 1 atom stereocenters. The van der Waals surface area contributed by atoms with E-state index in [2.05, 4.69) is 29.6 Å². The number of rotatable bonds is 6. The molecule has 0 aliphatic rings. The summed E-state index contributed by atoms with van der Waals surface area (Å²) < 4.78 is 1.81. The SMILES string of the molecule is CCC(C)n1nccc1NC(=O)c1ccc(CNC(C)=O)cc1. The molecule has 1 aromatic carbocycles. The molecule has 0 spiro atoms. The summed E-state index contributed by atoms with van der Waals surface area (Å²) in [5.41, 5.74) is 1.51. The number of hydrogen-bond donors (Lipinski definition) is 2. The Kier molecular flexibility index (Phi) is 5.51. The molecule has 2 aromatic rings. The van der Waals surface area contributed by atoms with Crippen LogP contribution >= 0.6 is 0 Å². The van der Waals surface area contributed by atoms with Crippen molar-refractivity contribution in [3.8, 4) is 0 Å². The Labute approximate surface area is 135 Å². The summed E-state index contributed by atoms with van der Waals surface area (Å²) in [6.07, 6.45) is 2.61. The molecular formula is C17H22N4O2. The van der Waals surface area contributed by atoms with Crippen molar-refractivity contribution in [1.82, 2.24) is 15.1 Å². The number of anilines is 1. The van der Waals surface area contributed by atoms with Crippen molar-refractivity contribution in [2.45, 2.75) is 39.8 Å². The summed E-state index contributed by atoms with van der Waals surface area (Å²) in [5, 5.41) is 9.86. The van der Waals surface area contributed by atoms with Crippen LogP contribution in [-0.4, -0.2) is 21.6 Å². The lowest BCUT2D eigenvalue weighted by atomic mass is 10.1. The van der Waals surface area contributed by atoms with E-state index < -0.39 is 0 Å². The minimum absolute atomic E-state index is 0.0786. The van der Waals surface area contributed by atoms with Gasteiger partial charge in [-0.05, 0) is 31.0 Å². The molecule has 0 aliphatic heterocycles. The molecule has 2 rings (SSSR count). The zero-order valence-corrected chi connectivity index (χ0v) is 13.7. The second-order valence-electron chi connectivity index (χ2n) is 5.48. The first-order valence-electron chi connectivity index (χ1n) is 7.69. The van der Waals surface area contributed by atoms with Crippen molar-refractivity contribution in [3.63, 3.8) is 0 Å². The van der Waals surface area contributed by atoms with Gasteiger partial charge >= 0.3 is 0 Å². The van der Waals surface area contributed by atoms with Gasteiger partial charge in [0.15, 0.2) is 0 Å². The lowest BCUT2D eigenvalue weighted by Gasteiger charge is -2.14. The van der Waals surface area contributed by atoms with E-state index in [0.29, 0.717) is 17.9 Å². The van der Waals surface area contributed by atoms with Crippen LogP contribution in [0.15, 0.2) is 36.5 Å². The van der Waals surface area contributed by atoms with E-state index in [4.69, 9.17) is 0 Å². The van der Waals surface area contributed by atoms with Gasteiger partial charge < -0.3 is 10.6 Å². The highest BCUT2D eigenvalue weighted by Gasteiger charge is 2.12. The van der Waals surface area contributed by atoms with E-state index in [1.54, 1.807) is 24.4 Å². The first kappa shape index (κ1) is 16.7. The fourth-order valence-corrected chi connectivity index (χ4v) is 2.13. The van der Waals surface area contributed by atoms with Crippen LogP contribution in [0.25, 0.3) is 0 Å². The molecule has 2 N–H and O–H groups in total. The molecular weight excluding hydrogens is 292 g/mol. The van der Waals surface area contributed by atoms with Gasteiger partial charge in [0, 0.05) is 25.1 Å². The van der Waals surface area contributed by atoms with Gasteiger partial charge in [0.2, 0.25) is 5.91 Å². The Hall–Kier alpha value is -2.63. The maximum atomic E-state index is 12.3. The van der Waals surface area contributed by atoms with E-state index in [1.165, 1.54) is 6.92 Å². The molecule has 23 heavy (non-hydrogen) atoms. The number of nitrogens with one attached hydrogen (secondary N) is 2. The Morgan fingerprint density at radius 1 is 1.22 bits per heavy atom. The van der Waals surface area contributed by atoms with Crippen LogP contribution in [0, 0.1) is 0 Å². The average Bonchev–Trinajstić information content (AvgIpc) is 3.00. The summed E-state index contributed by atoms with van der Waals surface area (Å²) >= 11 is 0. The standard InChI is InChI=1S/C17H22N4O2/c1-4-12(2)21-16(9-10-19-21)20-17(23)15-7-5-14(6-8-15)11-18-13(3)22/h5-10,12H,4,11H2,1-3H3,(H,18,22)(H,20,23). The molecule has 1 heterocycles. The number of carbonyl (C=O) groups excluding carboxylic acids is 2. The van der Waals surface area contributed by atoms with Crippen LogP contribution in [0.5, 0.6) is 0 Å². The third kappa shape index (κ3) is 4.42. The van der Waals surface area contributed by atoms with Crippen LogP contribution in [0.2, 0.25) is 0 Å². The van der Waals surface area contributed by atoms with Crippen LogP contribution in [0.1, 0.15) is 49.2 Å². The molecule has 0 bridgehead atoms. The summed E-state index contributed by atoms with van der Waals surface area (Å²) in [4.78, 5) is 23.2. The number of aromatic nitrogens is 2. The van der Waals surface area contributed by atoms with Gasteiger partial charge in [0.25, 0.3) is 5.91 Å². The van der Waals surface area contributed by atoms with Gasteiger partial charge in [-0.25, -0.2) is 4.68 Å². The summed E-state index contributed by atoms with van der Waals surface area (Å²) in [5.74, 6) is 0.429. The lowest BCUT2D eigenvalue weighted by molar-refractivity contribution is -0.119.